The first-order valence-electron chi connectivity index (χ1n) is 5.49. The molecular weight excluding hydrogens is 278 g/mol. The van der Waals surface area contributed by atoms with E-state index in [1.54, 1.807) is 7.11 Å². The number of hydrogen-bond donors (Lipinski definition) is 0. The molecule has 0 aliphatic carbocycles. The van der Waals surface area contributed by atoms with Crippen LogP contribution < -0.4 is 0 Å². The molecule has 1 aromatic carbocycles. The van der Waals surface area contributed by atoms with Gasteiger partial charge in [0.25, 0.3) is 0 Å². The van der Waals surface area contributed by atoms with Gasteiger partial charge in [-0.1, -0.05) is 11.6 Å². The number of alkyl halides is 1. The molecular formula is C12H13Cl2FN2O. The van der Waals surface area contributed by atoms with Gasteiger partial charge >= 0.3 is 0 Å². The predicted octanol–water partition coefficient (Wildman–Crippen LogP) is 3.78. The maximum Gasteiger partial charge on any atom is 0.144 e. The Morgan fingerprint density at radius 3 is 2.83 bits per heavy atom. The number of hydrogen-bond acceptors (Lipinski definition) is 2. The molecule has 3 nitrogen and oxygen atoms in total. The summed E-state index contributed by atoms with van der Waals surface area (Å²) in [4.78, 5) is 4.36. The second-order valence-corrected chi connectivity index (χ2v) is 4.77. The summed E-state index contributed by atoms with van der Waals surface area (Å²) in [7, 11) is 1.62. The van der Waals surface area contributed by atoms with E-state index in [-0.39, 0.29) is 16.9 Å². The largest absolute Gasteiger partial charge is 0.383 e. The standard InChI is InChI=1S/C12H13Cl2FN2O/c1-7(6-18-2)17-11-4-9(15)8(14)3-10(11)16-12(17)5-13/h3-4,7H,5-6H2,1-2H3. The lowest BCUT2D eigenvalue weighted by Crippen LogP contribution is -2.13. The van der Waals surface area contributed by atoms with Crippen molar-refractivity contribution in [1.29, 1.82) is 0 Å². The highest BCUT2D eigenvalue weighted by atomic mass is 35.5. The fraction of sp³-hybridized carbons (Fsp3) is 0.417. The minimum atomic E-state index is -0.462. The average Bonchev–Trinajstić information content (AvgIpc) is 2.68. The molecule has 0 saturated carbocycles. The summed E-state index contributed by atoms with van der Waals surface area (Å²) in [6.45, 7) is 2.47. The zero-order valence-corrected chi connectivity index (χ0v) is 11.6. The van der Waals surface area contributed by atoms with Gasteiger partial charge in [0.2, 0.25) is 0 Å². The Hall–Kier alpha value is -0.840. The zero-order chi connectivity index (χ0) is 13.3. The smallest absolute Gasteiger partial charge is 0.144 e. The number of halogens is 3. The predicted molar refractivity (Wildman–Crippen MR) is 70.8 cm³/mol. The average molecular weight is 291 g/mol. The molecule has 6 heteroatoms. The molecule has 18 heavy (non-hydrogen) atoms. The van der Waals surface area contributed by atoms with E-state index in [4.69, 9.17) is 27.9 Å². The zero-order valence-electron chi connectivity index (χ0n) is 10.1. The highest BCUT2D eigenvalue weighted by Gasteiger charge is 2.17. The number of ether oxygens (including phenoxy) is 1. The normalized spacial score (nSPS) is 13.2. The first kappa shape index (κ1) is 13.6. The van der Waals surface area contributed by atoms with Gasteiger partial charge < -0.3 is 9.30 Å². The third-order valence-corrected chi connectivity index (χ3v) is 3.30. The Morgan fingerprint density at radius 1 is 1.50 bits per heavy atom. The molecule has 1 aromatic heterocycles. The molecule has 0 aliphatic rings. The van der Waals surface area contributed by atoms with Crippen LogP contribution in [0.1, 0.15) is 18.8 Å². The van der Waals surface area contributed by atoms with Crippen molar-refractivity contribution in [2.45, 2.75) is 18.8 Å². The number of fused-ring (bicyclic) bond motifs is 1. The first-order chi connectivity index (χ1) is 8.58. The summed E-state index contributed by atoms with van der Waals surface area (Å²) in [5, 5.41) is 0.0627. The third kappa shape index (κ3) is 2.32. The van der Waals surface area contributed by atoms with Crippen LogP contribution in [-0.2, 0) is 10.6 Å². The van der Waals surface area contributed by atoms with Gasteiger partial charge in [0.05, 0.1) is 34.6 Å². The van der Waals surface area contributed by atoms with Crippen LogP contribution in [0.25, 0.3) is 11.0 Å². The summed E-state index contributed by atoms with van der Waals surface area (Å²) in [5.74, 6) is 0.469. The lowest BCUT2D eigenvalue weighted by Gasteiger charge is -2.16. The molecule has 0 fully saturated rings. The Kier molecular flexibility index (Phi) is 4.10. The van der Waals surface area contributed by atoms with Gasteiger partial charge in [-0.3, -0.25) is 0 Å². The molecule has 0 saturated heterocycles. The number of aromatic nitrogens is 2. The SMILES string of the molecule is COCC(C)n1c(CCl)nc2cc(Cl)c(F)cc21. The minimum Gasteiger partial charge on any atom is -0.383 e. The van der Waals surface area contributed by atoms with Crippen molar-refractivity contribution in [3.05, 3.63) is 28.8 Å². The quantitative estimate of drug-likeness (QED) is 0.802. The van der Waals surface area contributed by atoms with E-state index in [9.17, 15) is 4.39 Å². The maximum absolute atomic E-state index is 13.6. The highest BCUT2D eigenvalue weighted by Crippen LogP contribution is 2.27. The molecule has 1 heterocycles. The van der Waals surface area contributed by atoms with Crippen molar-refractivity contribution in [3.8, 4) is 0 Å². The van der Waals surface area contributed by atoms with Crippen LogP contribution in [0.5, 0.6) is 0 Å². The topological polar surface area (TPSA) is 27.1 Å². The van der Waals surface area contributed by atoms with Gasteiger partial charge in [0.15, 0.2) is 0 Å². The van der Waals surface area contributed by atoms with Crippen molar-refractivity contribution in [1.82, 2.24) is 9.55 Å². The molecule has 1 atom stereocenters. The second kappa shape index (κ2) is 5.43. The van der Waals surface area contributed by atoms with E-state index in [2.05, 4.69) is 4.98 Å². The van der Waals surface area contributed by atoms with Gasteiger partial charge in [-0.15, -0.1) is 11.6 Å². The minimum absolute atomic E-state index is 0.0225. The molecule has 2 aromatic rings. The molecule has 0 aliphatic heterocycles. The van der Waals surface area contributed by atoms with E-state index in [0.717, 1.165) is 0 Å². The van der Waals surface area contributed by atoms with E-state index in [1.807, 2.05) is 11.5 Å². The lowest BCUT2D eigenvalue weighted by atomic mass is 10.2. The molecule has 98 valence electrons. The molecule has 0 radical (unpaired) electrons. The van der Waals surface area contributed by atoms with Crippen LogP contribution in [-0.4, -0.2) is 23.3 Å². The number of methoxy groups -OCH3 is 1. The Bertz CT molecular complexity index is 571. The van der Waals surface area contributed by atoms with Crippen LogP contribution in [0.2, 0.25) is 5.02 Å². The molecule has 0 spiro atoms. The maximum atomic E-state index is 13.6. The van der Waals surface area contributed by atoms with E-state index in [1.165, 1.54) is 12.1 Å². The Labute approximate surface area is 114 Å². The molecule has 0 N–H and O–H groups in total. The van der Waals surface area contributed by atoms with Crippen LogP contribution in [0, 0.1) is 5.82 Å². The van der Waals surface area contributed by atoms with Crippen molar-refractivity contribution in [2.24, 2.45) is 0 Å². The Morgan fingerprint density at radius 2 is 2.22 bits per heavy atom. The monoisotopic (exact) mass is 290 g/mol. The molecule has 1 unspecified atom stereocenters. The summed E-state index contributed by atoms with van der Waals surface area (Å²) < 4.78 is 20.6. The van der Waals surface area contributed by atoms with Crippen molar-refractivity contribution >= 4 is 34.2 Å². The highest BCUT2D eigenvalue weighted by molar-refractivity contribution is 6.31. The number of nitrogens with zero attached hydrogens (tertiary/aromatic N) is 2. The Balaban J connectivity index is 2.64. The fourth-order valence-electron chi connectivity index (χ4n) is 2.04. The van der Waals surface area contributed by atoms with Crippen LogP contribution in [0.3, 0.4) is 0 Å². The van der Waals surface area contributed by atoms with Gasteiger partial charge in [0, 0.05) is 13.2 Å². The molecule has 0 bridgehead atoms. The van der Waals surface area contributed by atoms with Gasteiger partial charge in [0.1, 0.15) is 11.6 Å². The van der Waals surface area contributed by atoms with E-state index < -0.39 is 5.82 Å². The number of rotatable bonds is 4. The first-order valence-corrected chi connectivity index (χ1v) is 6.40. The number of benzene rings is 1. The summed E-state index contributed by atoms with van der Waals surface area (Å²) in [5.41, 5.74) is 1.32. The molecule has 2 rings (SSSR count). The fourth-order valence-corrected chi connectivity index (χ4v) is 2.39. The second-order valence-electron chi connectivity index (χ2n) is 4.09. The summed E-state index contributed by atoms with van der Waals surface area (Å²) >= 11 is 11.6. The van der Waals surface area contributed by atoms with Crippen molar-refractivity contribution < 1.29 is 9.13 Å². The van der Waals surface area contributed by atoms with Crippen molar-refractivity contribution in [3.63, 3.8) is 0 Å². The van der Waals surface area contributed by atoms with Crippen LogP contribution in [0.15, 0.2) is 12.1 Å². The van der Waals surface area contributed by atoms with Crippen LogP contribution in [0.4, 0.5) is 4.39 Å². The van der Waals surface area contributed by atoms with E-state index in [0.29, 0.717) is 23.5 Å². The molecule has 0 amide bonds. The van der Waals surface area contributed by atoms with Gasteiger partial charge in [-0.05, 0) is 13.0 Å². The van der Waals surface area contributed by atoms with E-state index >= 15 is 0 Å². The lowest BCUT2D eigenvalue weighted by molar-refractivity contribution is 0.163. The summed E-state index contributed by atoms with van der Waals surface area (Å²) in [6.07, 6.45) is 0. The van der Waals surface area contributed by atoms with Gasteiger partial charge in [-0.2, -0.15) is 0 Å². The summed E-state index contributed by atoms with van der Waals surface area (Å²) in [6, 6.07) is 2.92. The van der Waals surface area contributed by atoms with Crippen molar-refractivity contribution in [2.75, 3.05) is 13.7 Å². The number of imidazole rings is 1. The van der Waals surface area contributed by atoms with Crippen LogP contribution >= 0.6 is 23.2 Å². The van der Waals surface area contributed by atoms with Gasteiger partial charge in [-0.25, -0.2) is 9.37 Å². The third-order valence-electron chi connectivity index (χ3n) is 2.77.